The molecule has 4 aromatic carbocycles. The zero-order valence-electron chi connectivity index (χ0n) is 25.7. The summed E-state index contributed by atoms with van der Waals surface area (Å²) < 4.78 is 23.8. The minimum atomic E-state index is -0.796. The van der Waals surface area contributed by atoms with E-state index < -0.39 is 6.29 Å². The first-order chi connectivity index (χ1) is 22.4. The lowest BCUT2D eigenvalue weighted by atomic mass is 10.1. The Bertz CT molecular complexity index is 1940. The highest BCUT2D eigenvalue weighted by Gasteiger charge is 2.39. The second-order valence-corrected chi connectivity index (χ2v) is 11.8. The third kappa shape index (κ3) is 4.43. The van der Waals surface area contributed by atoms with Gasteiger partial charge in [-0.3, -0.25) is 19.5 Å². The van der Waals surface area contributed by atoms with Crippen molar-refractivity contribution in [2.45, 2.75) is 38.1 Å². The maximum absolute atomic E-state index is 13.8. The number of amides is 2. The molecule has 0 bridgehead atoms. The summed E-state index contributed by atoms with van der Waals surface area (Å²) in [5.74, 6) is 1.35. The molecule has 0 fully saturated rings. The van der Waals surface area contributed by atoms with Crippen molar-refractivity contribution in [3.8, 4) is 23.0 Å². The van der Waals surface area contributed by atoms with E-state index in [0.29, 0.717) is 58.5 Å². The van der Waals surface area contributed by atoms with Gasteiger partial charge in [-0.1, -0.05) is 36.4 Å². The molecule has 0 radical (unpaired) electrons. The molecule has 46 heavy (non-hydrogen) atoms. The van der Waals surface area contributed by atoms with Gasteiger partial charge in [0.25, 0.3) is 11.8 Å². The van der Waals surface area contributed by atoms with Crippen molar-refractivity contribution >= 4 is 40.8 Å². The number of nitrogens with zero attached hydrogens (tertiary/aromatic N) is 3. The van der Waals surface area contributed by atoms with Gasteiger partial charge in [-0.05, 0) is 41.8 Å². The molecule has 4 aromatic rings. The summed E-state index contributed by atoms with van der Waals surface area (Å²) >= 11 is 0. The Balaban J connectivity index is 1.05. The van der Waals surface area contributed by atoms with E-state index >= 15 is 0 Å². The van der Waals surface area contributed by atoms with Crippen molar-refractivity contribution in [2.75, 3.05) is 35.9 Å². The fourth-order valence-corrected chi connectivity index (χ4v) is 6.94. The highest BCUT2D eigenvalue weighted by atomic mass is 16.7. The van der Waals surface area contributed by atoms with Crippen LogP contribution in [0.25, 0.3) is 0 Å². The van der Waals surface area contributed by atoms with Crippen molar-refractivity contribution in [3.05, 3.63) is 95.1 Å². The largest absolute Gasteiger partial charge is 0.493 e. The van der Waals surface area contributed by atoms with Crippen LogP contribution < -0.4 is 34.1 Å². The summed E-state index contributed by atoms with van der Waals surface area (Å²) in [6.45, 7) is 2.35. The van der Waals surface area contributed by atoms with E-state index in [0.717, 1.165) is 28.9 Å². The molecule has 232 valence electrons. The maximum atomic E-state index is 13.8. The zero-order valence-corrected chi connectivity index (χ0v) is 25.7. The lowest BCUT2D eigenvalue weighted by Crippen LogP contribution is -2.39. The molecular formula is C36H32N4O6. The number of rotatable bonds is 6. The van der Waals surface area contributed by atoms with Gasteiger partial charge in [-0.15, -0.1) is 0 Å². The molecule has 0 saturated heterocycles. The van der Waals surface area contributed by atoms with Gasteiger partial charge >= 0.3 is 0 Å². The SMILES string of the molecule is COc1cc2c(cc1OC(C)Oc1cc3c(cc1OC)C(=O)N1c4ccccc4C[C@H]1CN3)N=C[C@@H]1Cc3ccccc3N1C2=O. The molecule has 4 aliphatic heterocycles. The van der Waals surface area contributed by atoms with Crippen molar-refractivity contribution in [3.63, 3.8) is 0 Å². The van der Waals surface area contributed by atoms with Crippen molar-refractivity contribution < 1.29 is 28.5 Å². The number of hydrogen-bond donors (Lipinski definition) is 1. The molecule has 1 unspecified atom stereocenters. The van der Waals surface area contributed by atoms with Crippen LogP contribution in [0.1, 0.15) is 38.8 Å². The molecule has 1 N–H and O–H groups in total. The Kier molecular flexibility index (Phi) is 6.59. The second kappa shape index (κ2) is 10.8. The van der Waals surface area contributed by atoms with Crippen molar-refractivity contribution in [2.24, 2.45) is 4.99 Å². The summed E-state index contributed by atoms with van der Waals surface area (Å²) in [7, 11) is 3.07. The van der Waals surface area contributed by atoms with Crippen LogP contribution >= 0.6 is 0 Å². The second-order valence-electron chi connectivity index (χ2n) is 11.8. The van der Waals surface area contributed by atoms with Crippen molar-refractivity contribution in [1.29, 1.82) is 0 Å². The Labute approximate surface area is 266 Å². The molecular weight excluding hydrogens is 584 g/mol. The molecule has 4 aliphatic rings. The quantitative estimate of drug-likeness (QED) is 0.274. The fraction of sp³-hybridized carbons (Fsp3) is 0.250. The molecule has 4 heterocycles. The number of para-hydroxylation sites is 2. The van der Waals surface area contributed by atoms with Gasteiger partial charge in [0, 0.05) is 49.6 Å². The number of methoxy groups -OCH3 is 2. The molecule has 3 atom stereocenters. The predicted octanol–water partition coefficient (Wildman–Crippen LogP) is 5.79. The molecule has 8 rings (SSSR count). The average Bonchev–Trinajstić information content (AvgIpc) is 3.56. The number of carbonyl (C=O) groups is 2. The monoisotopic (exact) mass is 616 g/mol. The number of fused-ring (bicyclic) bond motifs is 8. The van der Waals surface area contributed by atoms with E-state index in [-0.39, 0.29) is 23.9 Å². The van der Waals surface area contributed by atoms with Gasteiger partial charge in [0.15, 0.2) is 23.0 Å². The number of carbonyl (C=O) groups excluding carboxylic acids is 2. The minimum Gasteiger partial charge on any atom is -0.493 e. The first kappa shape index (κ1) is 28.0. The smallest absolute Gasteiger partial charge is 0.261 e. The zero-order chi connectivity index (χ0) is 31.5. The van der Waals surface area contributed by atoms with E-state index in [1.807, 2.05) is 53.6 Å². The molecule has 0 aliphatic carbocycles. The van der Waals surface area contributed by atoms with E-state index in [2.05, 4.69) is 11.4 Å². The summed E-state index contributed by atoms with van der Waals surface area (Å²) in [6.07, 6.45) is 2.52. The molecule has 0 aromatic heterocycles. The highest BCUT2D eigenvalue weighted by molar-refractivity contribution is 6.15. The first-order valence-corrected chi connectivity index (χ1v) is 15.3. The van der Waals surface area contributed by atoms with E-state index in [4.69, 9.17) is 23.9 Å². The third-order valence-electron chi connectivity index (χ3n) is 9.07. The fourth-order valence-electron chi connectivity index (χ4n) is 6.94. The van der Waals surface area contributed by atoms with Crippen LogP contribution in [0.4, 0.5) is 22.7 Å². The number of aliphatic imine (C=N–C) groups is 1. The average molecular weight is 617 g/mol. The van der Waals surface area contributed by atoms with Crippen LogP contribution in [0.15, 0.2) is 77.8 Å². The summed E-state index contributed by atoms with van der Waals surface area (Å²) in [5, 5.41) is 3.45. The lowest BCUT2D eigenvalue weighted by molar-refractivity contribution is 0.0184. The van der Waals surface area contributed by atoms with Gasteiger partial charge in [-0.25, -0.2) is 0 Å². The van der Waals surface area contributed by atoms with Gasteiger partial charge in [-0.2, -0.15) is 0 Å². The minimum absolute atomic E-state index is 0.0104. The summed E-state index contributed by atoms with van der Waals surface area (Å²) in [6, 6.07) is 22.7. The van der Waals surface area contributed by atoms with Crippen LogP contribution in [-0.4, -0.2) is 57.2 Å². The topological polar surface area (TPSA) is 102 Å². The Hall–Kier alpha value is -5.51. The van der Waals surface area contributed by atoms with Crippen LogP contribution in [0, 0.1) is 0 Å². The number of ether oxygens (including phenoxy) is 4. The van der Waals surface area contributed by atoms with E-state index in [1.165, 1.54) is 14.2 Å². The predicted molar refractivity (Wildman–Crippen MR) is 175 cm³/mol. The van der Waals surface area contributed by atoms with Crippen LogP contribution in [0.5, 0.6) is 23.0 Å². The number of nitrogens with one attached hydrogen (secondary N) is 1. The molecule has 10 nitrogen and oxygen atoms in total. The van der Waals surface area contributed by atoms with Gasteiger partial charge in [0.2, 0.25) is 6.29 Å². The van der Waals surface area contributed by atoms with Gasteiger partial charge in [0.1, 0.15) is 0 Å². The highest BCUT2D eigenvalue weighted by Crippen LogP contribution is 2.43. The van der Waals surface area contributed by atoms with Crippen LogP contribution in [0.3, 0.4) is 0 Å². The van der Waals surface area contributed by atoms with E-state index in [9.17, 15) is 9.59 Å². The normalized spacial score (nSPS) is 19.4. The molecule has 2 amide bonds. The maximum Gasteiger partial charge on any atom is 0.261 e. The Morgan fingerprint density at radius 3 is 2.09 bits per heavy atom. The van der Waals surface area contributed by atoms with E-state index in [1.54, 1.807) is 36.1 Å². The number of hydrogen-bond acceptors (Lipinski definition) is 8. The first-order valence-electron chi connectivity index (χ1n) is 15.3. The van der Waals surface area contributed by atoms with Gasteiger partial charge in [0.05, 0.1) is 48.8 Å². The Morgan fingerprint density at radius 2 is 1.37 bits per heavy atom. The summed E-state index contributed by atoms with van der Waals surface area (Å²) in [4.78, 5) is 35.9. The third-order valence-corrected chi connectivity index (χ3v) is 9.07. The van der Waals surface area contributed by atoms with Crippen LogP contribution in [0.2, 0.25) is 0 Å². The lowest BCUT2D eigenvalue weighted by Gasteiger charge is -2.23. The number of benzene rings is 4. The van der Waals surface area contributed by atoms with Crippen molar-refractivity contribution in [1.82, 2.24) is 0 Å². The molecule has 10 heteroatoms. The summed E-state index contributed by atoms with van der Waals surface area (Å²) in [5.41, 5.74) is 6.22. The van der Waals surface area contributed by atoms with Gasteiger partial charge < -0.3 is 29.2 Å². The standard InChI is InChI=1S/C36H32N4O6/c1-20(45-33-16-27-25(14-31(33)43-2)35(41)39-23(18-37-27)12-21-8-4-6-10-29(21)39)46-34-17-28-26(15-32(34)44-3)36(42)40-24(19-38-28)13-22-9-5-7-11-30(22)40/h4-11,14-18,20,23-24,38H,12-13,19H2,1-3H3/t20?,23-,24-/m0/s1. The Morgan fingerprint density at radius 1 is 0.761 bits per heavy atom. The van der Waals surface area contributed by atoms with Crippen LogP contribution in [-0.2, 0) is 12.8 Å². The molecule has 0 saturated carbocycles. The number of anilines is 3. The molecule has 0 spiro atoms.